The Kier molecular flexibility index (Phi) is 8.74. The van der Waals surface area contributed by atoms with Gasteiger partial charge in [-0.25, -0.2) is 14.2 Å². The molecule has 0 saturated heterocycles. The number of benzene rings is 3. The average Bonchev–Trinajstić information content (AvgIpc) is 2.96. The number of urea groups is 1. The number of carbonyl (C=O) groups is 2. The summed E-state index contributed by atoms with van der Waals surface area (Å²) in [5, 5.41) is 10.3. The number of nitrogens with zero attached hydrogens (tertiary/aromatic N) is 3. The van der Waals surface area contributed by atoms with E-state index in [0.717, 1.165) is 6.07 Å². The molecule has 0 atom stereocenters. The molecule has 0 saturated carbocycles. The largest absolute Gasteiger partial charge is 0.496 e. The summed E-state index contributed by atoms with van der Waals surface area (Å²) < 4.78 is 57.6. The zero-order valence-electron chi connectivity index (χ0n) is 22.5. The number of amides is 3. The van der Waals surface area contributed by atoms with Gasteiger partial charge in [-0.15, -0.1) is 0 Å². The fraction of sp³-hybridized carbons (Fsp3) is 0.143. The summed E-state index contributed by atoms with van der Waals surface area (Å²) in [5.41, 5.74) is 0.374. The van der Waals surface area contributed by atoms with Crippen LogP contribution in [0.3, 0.4) is 0 Å². The summed E-state index contributed by atoms with van der Waals surface area (Å²) in [5.74, 6) is -0.238. The summed E-state index contributed by atoms with van der Waals surface area (Å²) in [6, 6.07) is 14.1. The number of halogens is 4. The Morgan fingerprint density at radius 2 is 1.60 bits per heavy atom. The van der Waals surface area contributed by atoms with Crippen molar-refractivity contribution >= 4 is 46.5 Å². The molecule has 4 rings (SSSR count). The number of hydrogen-bond donors (Lipinski definition) is 4. The standard InChI is InChI=1S/C28H25F4N7O3/c1-33-25(40)22-15-19(6-9-23(22)42-3)35-26-34-11-10-24(38-26)39(2)21-7-4-18(5-8-21)36-27(41)37-20-13-16(28(30,31)32)12-17(29)14-20/h4-15H,1-3H3,(H,33,40)(H,34,35,38)(H2,36,37,41). The van der Waals surface area contributed by atoms with Crippen LogP contribution in [0, 0.1) is 5.82 Å². The quantitative estimate of drug-likeness (QED) is 0.184. The second-order valence-corrected chi connectivity index (χ2v) is 8.77. The maximum absolute atomic E-state index is 13.6. The number of anilines is 6. The third-order valence-corrected chi connectivity index (χ3v) is 5.91. The summed E-state index contributed by atoms with van der Waals surface area (Å²) in [4.78, 5) is 35.0. The molecule has 10 nitrogen and oxygen atoms in total. The molecule has 1 heterocycles. The summed E-state index contributed by atoms with van der Waals surface area (Å²) in [6.45, 7) is 0. The molecule has 0 unspecified atom stereocenters. The molecule has 0 bridgehead atoms. The minimum absolute atomic E-state index is 0.272. The average molecular weight is 584 g/mol. The number of methoxy groups -OCH3 is 1. The molecule has 4 N–H and O–H groups in total. The van der Waals surface area contributed by atoms with Gasteiger partial charge in [0.2, 0.25) is 5.95 Å². The first-order valence-electron chi connectivity index (χ1n) is 12.3. The van der Waals surface area contributed by atoms with E-state index in [9.17, 15) is 27.2 Å². The van der Waals surface area contributed by atoms with E-state index in [4.69, 9.17) is 4.74 Å². The molecular weight excluding hydrogens is 558 g/mol. The topological polar surface area (TPSA) is 121 Å². The number of alkyl halides is 3. The van der Waals surface area contributed by atoms with E-state index in [-0.39, 0.29) is 17.5 Å². The highest BCUT2D eigenvalue weighted by molar-refractivity contribution is 6.00. The highest BCUT2D eigenvalue weighted by atomic mass is 19.4. The fourth-order valence-corrected chi connectivity index (χ4v) is 3.84. The number of carbonyl (C=O) groups excluding carboxylic acids is 2. The number of aromatic nitrogens is 2. The van der Waals surface area contributed by atoms with Gasteiger partial charge in [-0.2, -0.15) is 18.2 Å². The van der Waals surface area contributed by atoms with Crippen LogP contribution in [0.2, 0.25) is 0 Å². The smallest absolute Gasteiger partial charge is 0.416 e. The van der Waals surface area contributed by atoms with Crippen LogP contribution in [-0.4, -0.2) is 43.1 Å². The van der Waals surface area contributed by atoms with Crippen molar-refractivity contribution < 1.29 is 31.9 Å². The molecule has 0 fully saturated rings. The fourth-order valence-electron chi connectivity index (χ4n) is 3.84. The third kappa shape index (κ3) is 7.21. The normalized spacial score (nSPS) is 10.9. The predicted molar refractivity (Wildman–Crippen MR) is 150 cm³/mol. The van der Waals surface area contributed by atoms with Crippen LogP contribution in [0.5, 0.6) is 5.75 Å². The van der Waals surface area contributed by atoms with Gasteiger partial charge in [0.15, 0.2) is 0 Å². The summed E-state index contributed by atoms with van der Waals surface area (Å²) in [7, 11) is 4.75. The lowest BCUT2D eigenvalue weighted by Gasteiger charge is -2.19. The lowest BCUT2D eigenvalue weighted by atomic mass is 10.1. The van der Waals surface area contributed by atoms with Crippen LogP contribution in [0.1, 0.15) is 15.9 Å². The Hall–Kier alpha value is -5.40. The monoisotopic (exact) mass is 583 g/mol. The van der Waals surface area contributed by atoms with Crippen LogP contribution >= 0.6 is 0 Å². The van der Waals surface area contributed by atoms with E-state index in [0.29, 0.717) is 46.3 Å². The number of ether oxygens (including phenoxy) is 1. The Labute approximate surface area is 237 Å². The lowest BCUT2D eigenvalue weighted by molar-refractivity contribution is -0.137. The Bertz CT molecular complexity index is 1600. The third-order valence-electron chi connectivity index (χ3n) is 5.91. The van der Waals surface area contributed by atoms with E-state index in [1.807, 2.05) is 0 Å². The van der Waals surface area contributed by atoms with Gasteiger partial charge in [0.25, 0.3) is 5.91 Å². The minimum atomic E-state index is -4.76. The van der Waals surface area contributed by atoms with Gasteiger partial charge < -0.3 is 30.9 Å². The first-order chi connectivity index (χ1) is 20.0. The molecular formula is C28H25F4N7O3. The Morgan fingerprint density at radius 3 is 2.26 bits per heavy atom. The van der Waals surface area contributed by atoms with Gasteiger partial charge in [-0.1, -0.05) is 0 Å². The van der Waals surface area contributed by atoms with Gasteiger partial charge >= 0.3 is 12.2 Å². The number of hydrogen-bond acceptors (Lipinski definition) is 7. The van der Waals surface area contributed by atoms with Crippen LogP contribution < -0.4 is 30.9 Å². The van der Waals surface area contributed by atoms with Gasteiger partial charge in [0, 0.05) is 43.0 Å². The van der Waals surface area contributed by atoms with Crippen molar-refractivity contribution in [2.45, 2.75) is 6.18 Å². The van der Waals surface area contributed by atoms with Crippen LogP contribution in [0.4, 0.5) is 56.9 Å². The van der Waals surface area contributed by atoms with Crippen LogP contribution in [0.25, 0.3) is 0 Å². The zero-order valence-corrected chi connectivity index (χ0v) is 22.5. The zero-order chi connectivity index (χ0) is 30.4. The summed E-state index contributed by atoms with van der Waals surface area (Å²) >= 11 is 0. The molecule has 0 spiro atoms. The lowest BCUT2D eigenvalue weighted by Crippen LogP contribution is -2.20. The van der Waals surface area contributed by atoms with Gasteiger partial charge in [-0.05, 0) is 66.7 Å². The van der Waals surface area contributed by atoms with Crippen molar-refractivity contribution in [3.63, 3.8) is 0 Å². The Balaban J connectivity index is 1.42. The molecule has 1 aromatic heterocycles. The second kappa shape index (κ2) is 12.4. The molecule has 4 aromatic rings. The highest BCUT2D eigenvalue weighted by Crippen LogP contribution is 2.32. The molecule has 42 heavy (non-hydrogen) atoms. The molecule has 0 aliphatic carbocycles. The van der Waals surface area contributed by atoms with E-state index in [1.54, 1.807) is 66.7 Å². The van der Waals surface area contributed by atoms with Gasteiger partial charge in [0.1, 0.15) is 17.4 Å². The van der Waals surface area contributed by atoms with Crippen LogP contribution in [0.15, 0.2) is 72.9 Å². The van der Waals surface area contributed by atoms with Gasteiger partial charge in [-0.3, -0.25) is 4.79 Å². The van der Waals surface area contributed by atoms with E-state index in [1.165, 1.54) is 14.2 Å². The molecule has 14 heteroatoms. The summed E-state index contributed by atoms with van der Waals surface area (Å²) in [6.07, 6.45) is -3.20. The highest BCUT2D eigenvalue weighted by Gasteiger charge is 2.31. The van der Waals surface area contributed by atoms with Crippen molar-refractivity contribution in [2.24, 2.45) is 0 Å². The second-order valence-electron chi connectivity index (χ2n) is 8.77. The SMILES string of the molecule is CNC(=O)c1cc(Nc2nccc(N(C)c3ccc(NC(=O)Nc4cc(F)cc(C(F)(F)F)c4)cc3)n2)ccc1OC. The van der Waals surface area contributed by atoms with E-state index < -0.39 is 23.6 Å². The first kappa shape index (κ1) is 29.6. The van der Waals surface area contributed by atoms with Crippen LogP contribution in [-0.2, 0) is 6.18 Å². The number of nitrogens with one attached hydrogen (secondary N) is 4. The van der Waals surface area contributed by atoms with Crippen molar-refractivity contribution in [1.82, 2.24) is 15.3 Å². The molecule has 0 aliphatic rings. The van der Waals surface area contributed by atoms with Gasteiger partial charge in [0.05, 0.1) is 18.2 Å². The molecule has 218 valence electrons. The van der Waals surface area contributed by atoms with Crippen molar-refractivity contribution in [3.8, 4) is 5.75 Å². The van der Waals surface area contributed by atoms with Crippen molar-refractivity contribution in [1.29, 1.82) is 0 Å². The van der Waals surface area contributed by atoms with Crippen molar-refractivity contribution in [2.75, 3.05) is 42.1 Å². The predicted octanol–water partition coefficient (Wildman–Crippen LogP) is 6.16. The molecule has 3 amide bonds. The minimum Gasteiger partial charge on any atom is -0.496 e. The molecule has 0 radical (unpaired) electrons. The maximum atomic E-state index is 13.6. The molecule has 0 aliphatic heterocycles. The first-order valence-corrected chi connectivity index (χ1v) is 12.3. The van der Waals surface area contributed by atoms with Crippen molar-refractivity contribution in [3.05, 3.63) is 89.9 Å². The number of rotatable bonds is 8. The molecule has 3 aromatic carbocycles. The van der Waals surface area contributed by atoms with E-state index in [2.05, 4.69) is 31.2 Å². The Morgan fingerprint density at radius 1 is 0.905 bits per heavy atom. The maximum Gasteiger partial charge on any atom is 0.416 e. The van der Waals surface area contributed by atoms with E-state index >= 15 is 0 Å².